The molecule has 1 atom stereocenters. The highest BCUT2D eigenvalue weighted by Gasteiger charge is 2.29. The van der Waals surface area contributed by atoms with Crippen LogP contribution < -0.4 is 0 Å². The van der Waals surface area contributed by atoms with Gasteiger partial charge in [-0.2, -0.15) is 0 Å². The summed E-state index contributed by atoms with van der Waals surface area (Å²) in [6.07, 6.45) is -2.15. The highest BCUT2D eigenvalue weighted by Crippen LogP contribution is 2.30. The molecule has 0 saturated carbocycles. The Morgan fingerprint density at radius 2 is 1.43 bits per heavy atom. The Morgan fingerprint density at radius 1 is 0.905 bits per heavy atom. The van der Waals surface area contributed by atoms with Crippen LogP contribution in [0.5, 0.6) is 0 Å². The van der Waals surface area contributed by atoms with Crippen LogP contribution >= 0.6 is 15.9 Å². The van der Waals surface area contributed by atoms with Crippen LogP contribution in [-0.2, 0) is 6.42 Å². The molecule has 7 heteroatoms. The van der Waals surface area contributed by atoms with Gasteiger partial charge in [0.2, 0.25) is 5.82 Å². The fourth-order valence-electron chi connectivity index (χ4n) is 1.90. The zero-order valence-corrected chi connectivity index (χ0v) is 11.9. The van der Waals surface area contributed by atoms with Crippen LogP contribution in [0.3, 0.4) is 0 Å². The average Bonchev–Trinajstić information content (AvgIpc) is 2.43. The van der Waals surface area contributed by atoms with Crippen LogP contribution in [0.15, 0.2) is 28.7 Å². The van der Waals surface area contributed by atoms with Crippen molar-refractivity contribution >= 4 is 15.9 Å². The van der Waals surface area contributed by atoms with Gasteiger partial charge >= 0.3 is 0 Å². The number of halogens is 6. The van der Waals surface area contributed by atoms with Gasteiger partial charge in [0.15, 0.2) is 23.3 Å². The number of hydrogen-bond donors (Lipinski definition) is 1. The number of hydrogen-bond acceptors (Lipinski definition) is 1. The monoisotopic (exact) mass is 366 g/mol. The van der Waals surface area contributed by atoms with Gasteiger partial charge in [0.25, 0.3) is 0 Å². The van der Waals surface area contributed by atoms with Crippen molar-refractivity contribution in [1.29, 1.82) is 0 Å². The molecule has 0 amide bonds. The minimum absolute atomic E-state index is 0.294. The fraction of sp³-hybridized carbons (Fsp3) is 0.143. The number of benzene rings is 2. The summed E-state index contributed by atoms with van der Waals surface area (Å²) in [6, 6.07) is 6.42. The van der Waals surface area contributed by atoms with E-state index in [1.54, 1.807) is 24.3 Å². The highest BCUT2D eigenvalue weighted by atomic mass is 79.9. The first-order valence-corrected chi connectivity index (χ1v) is 6.56. The van der Waals surface area contributed by atoms with Crippen molar-refractivity contribution in [3.05, 3.63) is 69.0 Å². The molecule has 0 saturated heterocycles. The molecule has 2 aromatic rings. The quantitative estimate of drug-likeness (QED) is 0.484. The summed E-state index contributed by atoms with van der Waals surface area (Å²) in [5, 5.41) is 9.82. The predicted octanol–water partition coefficient (Wildman–Crippen LogP) is 4.42. The Morgan fingerprint density at radius 3 is 1.95 bits per heavy atom. The molecule has 0 aliphatic heterocycles. The molecule has 0 aliphatic rings. The third kappa shape index (κ3) is 3.08. The molecule has 2 rings (SSSR count). The molecule has 0 fully saturated rings. The van der Waals surface area contributed by atoms with Gasteiger partial charge in [-0.3, -0.25) is 0 Å². The molecule has 0 spiro atoms. The Balaban J connectivity index is 2.42. The Hall–Kier alpha value is -1.47. The van der Waals surface area contributed by atoms with Gasteiger partial charge < -0.3 is 5.11 Å². The second-order valence-corrected chi connectivity index (χ2v) is 5.25. The van der Waals surface area contributed by atoms with Gasteiger partial charge in [0.1, 0.15) is 0 Å². The summed E-state index contributed by atoms with van der Waals surface area (Å²) < 4.78 is 66.8. The van der Waals surface area contributed by atoms with Crippen LogP contribution in [0.4, 0.5) is 22.0 Å². The van der Waals surface area contributed by atoms with Crippen LogP contribution in [0.1, 0.15) is 17.2 Å². The second kappa shape index (κ2) is 6.11. The third-order valence-electron chi connectivity index (χ3n) is 2.90. The van der Waals surface area contributed by atoms with E-state index in [9.17, 15) is 27.1 Å². The summed E-state index contributed by atoms with van der Waals surface area (Å²) in [5.41, 5.74) is -0.757. The van der Waals surface area contributed by atoms with Crippen LogP contribution in [-0.4, -0.2) is 5.11 Å². The van der Waals surface area contributed by atoms with Crippen LogP contribution in [0, 0.1) is 29.1 Å². The van der Waals surface area contributed by atoms with Crippen molar-refractivity contribution in [1.82, 2.24) is 0 Å². The molecule has 2 aromatic carbocycles. The van der Waals surface area contributed by atoms with E-state index < -0.39 is 40.8 Å². The van der Waals surface area contributed by atoms with Gasteiger partial charge in [-0.15, -0.1) is 0 Å². The SMILES string of the molecule is OC(Cc1cccc(Br)c1)c1c(F)c(F)c(F)c(F)c1F. The normalized spacial score (nSPS) is 12.5. The van der Waals surface area contributed by atoms with Gasteiger partial charge in [-0.25, -0.2) is 22.0 Å². The number of aliphatic hydroxyl groups excluding tert-OH is 1. The summed E-state index contributed by atoms with van der Waals surface area (Å²) >= 11 is 3.17. The van der Waals surface area contributed by atoms with Gasteiger partial charge in [0.05, 0.1) is 11.7 Å². The topological polar surface area (TPSA) is 20.2 Å². The Bertz CT molecular complexity index is 660. The lowest BCUT2D eigenvalue weighted by atomic mass is 10.00. The second-order valence-electron chi connectivity index (χ2n) is 4.33. The van der Waals surface area contributed by atoms with E-state index in [0.29, 0.717) is 10.0 Å². The highest BCUT2D eigenvalue weighted by molar-refractivity contribution is 9.10. The zero-order chi connectivity index (χ0) is 15.7. The smallest absolute Gasteiger partial charge is 0.200 e. The number of aliphatic hydroxyl groups is 1. The maximum absolute atomic E-state index is 13.5. The summed E-state index contributed by atoms with van der Waals surface area (Å²) in [5.74, 6) is -10.4. The summed E-state index contributed by atoms with van der Waals surface area (Å²) in [6.45, 7) is 0. The molecule has 1 N–H and O–H groups in total. The molecule has 0 bridgehead atoms. The predicted molar refractivity (Wildman–Crippen MR) is 69.0 cm³/mol. The molecule has 0 aromatic heterocycles. The van der Waals surface area contributed by atoms with Crippen molar-refractivity contribution in [2.24, 2.45) is 0 Å². The lowest BCUT2D eigenvalue weighted by molar-refractivity contribution is 0.163. The average molecular weight is 367 g/mol. The first-order chi connectivity index (χ1) is 9.82. The first-order valence-electron chi connectivity index (χ1n) is 5.76. The molecular formula is C14H8BrF5O. The van der Waals surface area contributed by atoms with Gasteiger partial charge in [-0.05, 0) is 17.7 Å². The summed E-state index contributed by atoms with van der Waals surface area (Å²) in [7, 11) is 0. The van der Waals surface area contributed by atoms with Gasteiger partial charge in [0, 0.05) is 10.9 Å². The zero-order valence-electron chi connectivity index (χ0n) is 10.3. The van der Waals surface area contributed by atoms with Crippen molar-refractivity contribution < 1.29 is 27.1 Å². The molecule has 112 valence electrons. The van der Waals surface area contributed by atoms with E-state index in [-0.39, 0.29) is 6.42 Å². The standard InChI is InChI=1S/C14H8BrF5O/c15-7-3-1-2-6(4-7)5-8(21)9-10(16)12(18)14(20)13(19)11(9)17/h1-4,8,21H,5H2. The van der Waals surface area contributed by atoms with E-state index in [2.05, 4.69) is 15.9 Å². The van der Waals surface area contributed by atoms with E-state index in [1.165, 1.54) is 0 Å². The molecule has 0 radical (unpaired) electrons. The van der Waals surface area contributed by atoms with E-state index >= 15 is 0 Å². The van der Waals surface area contributed by atoms with Crippen LogP contribution in [0.2, 0.25) is 0 Å². The molecule has 0 aliphatic carbocycles. The minimum Gasteiger partial charge on any atom is -0.388 e. The minimum atomic E-state index is -2.25. The summed E-state index contributed by atoms with van der Waals surface area (Å²) in [4.78, 5) is 0. The maximum Gasteiger partial charge on any atom is 0.200 e. The fourth-order valence-corrected chi connectivity index (χ4v) is 2.35. The van der Waals surface area contributed by atoms with E-state index in [1.807, 2.05) is 0 Å². The van der Waals surface area contributed by atoms with Crippen LogP contribution in [0.25, 0.3) is 0 Å². The van der Waals surface area contributed by atoms with E-state index in [0.717, 1.165) is 0 Å². The molecule has 1 nitrogen and oxygen atoms in total. The Kier molecular flexibility index (Phi) is 4.63. The molecule has 1 unspecified atom stereocenters. The maximum atomic E-state index is 13.5. The third-order valence-corrected chi connectivity index (χ3v) is 3.39. The van der Waals surface area contributed by atoms with Crippen molar-refractivity contribution in [3.8, 4) is 0 Å². The van der Waals surface area contributed by atoms with Crippen molar-refractivity contribution in [3.63, 3.8) is 0 Å². The lowest BCUT2D eigenvalue weighted by Gasteiger charge is -2.14. The van der Waals surface area contributed by atoms with Gasteiger partial charge in [-0.1, -0.05) is 28.1 Å². The van der Waals surface area contributed by atoms with Crippen molar-refractivity contribution in [2.45, 2.75) is 12.5 Å². The molecular weight excluding hydrogens is 359 g/mol. The largest absolute Gasteiger partial charge is 0.388 e. The number of rotatable bonds is 3. The lowest BCUT2D eigenvalue weighted by Crippen LogP contribution is -2.13. The van der Waals surface area contributed by atoms with Crippen molar-refractivity contribution in [2.75, 3.05) is 0 Å². The Labute approximate surface area is 125 Å². The first kappa shape index (κ1) is 15.9. The van der Waals surface area contributed by atoms with E-state index in [4.69, 9.17) is 0 Å². The molecule has 21 heavy (non-hydrogen) atoms. The molecule has 0 heterocycles.